The van der Waals surface area contributed by atoms with E-state index in [1.165, 1.54) is 5.56 Å². The lowest BCUT2D eigenvalue weighted by molar-refractivity contribution is -0.117. The molecule has 0 heterocycles. The number of aryl methyl sites for hydroxylation is 1. The van der Waals surface area contributed by atoms with E-state index in [4.69, 9.17) is 0 Å². The zero-order valence-corrected chi connectivity index (χ0v) is 14.1. The van der Waals surface area contributed by atoms with Gasteiger partial charge >= 0.3 is 0 Å². The maximum Gasteiger partial charge on any atom is 0.251 e. The van der Waals surface area contributed by atoms with Gasteiger partial charge in [-0.1, -0.05) is 24.3 Å². The van der Waals surface area contributed by atoms with E-state index in [2.05, 4.69) is 22.8 Å². The van der Waals surface area contributed by atoms with Gasteiger partial charge in [-0.15, -0.1) is 0 Å². The summed E-state index contributed by atoms with van der Waals surface area (Å²) in [6.45, 7) is 0. The lowest BCUT2D eigenvalue weighted by Crippen LogP contribution is -2.26. The third-order valence-electron chi connectivity index (χ3n) is 5.01. The first-order valence-electron chi connectivity index (χ1n) is 9.00. The zero-order valence-electron chi connectivity index (χ0n) is 14.1. The molecule has 0 bridgehead atoms. The Kier molecular flexibility index (Phi) is 4.26. The minimum atomic E-state index is -0.0946. The molecule has 2 aromatic carbocycles. The smallest absolute Gasteiger partial charge is 0.251 e. The number of amides is 2. The largest absolute Gasteiger partial charge is 0.349 e. The second-order valence-electron chi connectivity index (χ2n) is 6.96. The van der Waals surface area contributed by atoms with E-state index in [1.807, 2.05) is 12.1 Å². The second-order valence-corrected chi connectivity index (χ2v) is 6.96. The van der Waals surface area contributed by atoms with Gasteiger partial charge in [-0.2, -0.15) is 0 Å². The van der Waals surface area contributed by atoms with E-state index in [0.717, 1.165) is 43.4 Å². The van der Waals surface area contributed by atoms with Crippen LogP contribution in [0.4, 0.5) is 5.69 Å². The van der Waals surface area contributed by atoms with Crippen molar-refractivity contribution in [2.24, 2.45) is 0 Å². The Morgan fingerprint density at radius 2 is 1.68 bits per heavy atom. The van der Waals surface area contributed by atoms with Gasteiger partial charge in [0.1, 0.15) is 0 Å². The summed E-state index contributed by atoms with van der Waals surface area (Å²) >= 11 is 0. The van der Waals surface area contributed by atoms with Gasteiger partial charge in [0.05, 0.1) is 5.92 Å². The van der Waals surface area contributed by atoms with Crippen LogP contribution in [-0.2, 0) is 11.2 Å². The molecule has 2 amide bonds. The fourth-order valence-electron chi connectivity index (χ4n) is 3.46. The summed E-state index contributed by atoms with van der Waals surface area (Å²) in [5.41, 5.74) is 3.79. The van der Waals surface area contributed by atoms with Crippen LogP contribution in [0.3, 0.4) is 0 Å². The van der Waals surface area contributed by atoms with Crippen LogP contribution in [0, 0.1) is 0 Å². The number of rotatable bonds is 4. The average Bonchev–Trinajstić information content (AvgIpc) is 3.45. The van der Waals surface area contributed by atoms with Crippen molar-refractivity contribution in [2.45, 2.75) is 44.1 Å². The molecule has 1 unspecified atom stereocenters. The molecule has 0 aliphatic heterocycles. The van der Waals surface area contributed by atoms with Gasteiger partial charge in [-0.3, -0.25) is 9.59 Å². The molecule has 4 heteroatoms. The topological polar surface area (TPSA) is 58.2 Å². The Morgan fingerprint density at radius 1 is 0.920 bits per heavy atom. The van der Waals surface area contributed by atoms with Crippen LogP contribution in [-0.4, -0.2) is 17.9 Å². The summed E-state index contributed by atoms with van der Waals surface area (Å²) in [6, 6.07) is 15.7. The predicted octanol–water partition coefficient (Wildman–Crippen LogP) is 3.64. The van der Waals surface area contributed by atoms with Crippen molar-refractivity contribution in [3.63, 3.8) is 0 Å². The third-order valence-corrected chi connectivity index (χ3v) is 5.01. The van der Waals surface area contributed by atoms with E-state index >= 15 is 0 Å². The van der Waals surface area contributed by atoms with Crippen molar-refractivity contribution in [3.05, 3.63) is 65.2 Å². The summed E-state index contributed by atoms with van der Waals surface area (Å²) in [6.07, 6.45) is 5.11. The van der Waals surface area contributed by atoms with Gasteiger partial charge in [-0.25, -0.2) is 0 Å². The minimum absolute atomic E-state index is 0.0299. The second kappa shape index (κ2) is 6.71. The molecule has 2 aliphatic carbocycles. The SMILES string of the molecule is O=C(NC1CC1)c1ccc(NC(=O)C2CCCc3ccccc32)cc1. The molecular formula is C21H22N2O2. The Morgan fingerprint density at radius 3 is 2.44 bits per heavy atom. The molecule has 25 heavy (non-hydrogen) atoms. The summed E-state index contributed by atoms with van der Waals surface area (Å²) in [5, 5.41) is 5.97. The minimum Gasteiger partial charge on any atom is -0.349 e. The first-order chi connectivity index (χ1) is 12.2. The maximum atomic E-state index is 12.7. The van der Waals surface area contributed by atoms with Crippen LogP contribution in [0.1, 0.15) is 53.1 Å². The van der Waals surface area contributed by atoms with Crippen LogP contribution in [0.2, 0.25) is 0 Å². The normalized spacial score (nSPS) is 19.0. The van der Waals surface area contributed by atoms with Crippen LogP contribution < -0.4 is 10.6 Å². The molecule has 128 valence electrons. The first-order valence-corrected chi connectivity index (χ1v) is 9.00. The van der Waals surface area contributed by atoms with E-state index < -0.39 is 0 Å². The first kappa shape index (κ1) is 15.9. The Balaban J connectivity index is 1.43. The summed E-state index contributed by atoms with van der Waals surface area (Å²) in [5.74, 6) is -0.105. The number of hydrogen-bond donors (Lipinski definition) is 2. The highest BCUT2D eigenvalue weighted by atomic mass is 16.2. The van der Waals surface area contributed by atoms with Crippen molar-refractivity contribution in [2.75, 3.05) is 5.32 Å². The van der Waals surface area contributed by atoms with E-state index in [1.54, 1.807) is 24.3 Å². The molecule has 1 fully saturated rings. The highest BCUT2D eigenvalue weighted by Gasteiger charge is 2.26. The van der Waals surface area contributed by atoms with Gasteiger partial charge in [0.25, 0.3) is 5.91 Å². The summed E-state index contributed by atoms with van der Waals surface area (Å²) in [7, 11) is 0. The molecule has 4 rings (SSSR count). The van der Waals surface area contributed by atoms with Crippen LogP contribution in [0.5, 0.6) is 0 Å². The number of anilines is 1. The van der Waals surface area contributed by atoms with E-state index in [-0.39, 0.29) is 17.7 Å². The molecule has 4 nitrogen and oxygen atoms in total. The number of fused-ring (bicyclic) bond motifs is 1. The number of hydrogen-bond acceptors (Lipinski definition) is 2. The number of nitrogens with one attached hydrogen (secondary N) is 2. The van der Waals surface area contributed by atoms with Crippen molar-refractivity contribution >= 4 is 17.5 Å². The molecule has 1 atom stereocenters. The Hall–Kier alpha value is -2.62. The molecule has 2 aromatic rings. The van der Waals surface area contributed by atoms with Crippen LogP contribution in [0.25, 0.3) is 0 Å². The quantitative estimate of drug-likeness (QED) is 0.897. The Labute approximate surface area is 147 Å². The summed E-state index contributed by atoms with van der Waals surface area (Å²) < 4.78 is 0. The highest BCUT2D eigenvalue weighted by Crippen LogP contribution is 2.32. The average molecular weight is 334 g/mol. The molecule has 0 radical (unpaired) electrons. The van der Waals surface area contributed by atoms with Gasteiger partial charge in [0.2, 0.25) is 5.91 Å². The third kappa shape index (κ3) is 3.58. The van der Waals surface area contributed by atoms with Crippen LogP contribution in [0.15, 0.2) is 48.5 Å². The van der Waals surface area contributed by atoms with Crippen molar-refractivity contribution in [1.82, 2.24) is 5.32 Å². The van der Waals surface area contributed by atoms with Crippen LogP contribution >= 0.6 is 0 Å². The van der Waals surface area contributed by atoms with Crippen molar-refractivity contribution in [1.29, 1.82) is 0 Å². The number of carbonyl (C=O) groups is 2. The van der Waals surface area contributed by atoms with Gasteiger partial charge in [-0.05, 0) is 67.5 Å². The van der Waals surface area contributed by atoms with Gasteiger partial charge in [0.15, 0.2) is 0 Å². The molecule has 2 aliphatic rings. The van der Waals surface area contributed by atoms with Crippen molar-refractivity contribution < 1.29 is 9.59 Å². The zero-order chi connectivity index (χ0) is 17.2. The fourth-order valence-corrected chi connectivity index (χ4v) is 3.46. The molecule has 2 N–H and O–H groups in total. The maximum absolute atomic E-state index is 12.7. The lowest BCUT2D eigenvalue weighted by Gasteiger charge is -2.24. The monoisotopic (exact) mass is 334 g/mol. The van der Waals surface area contributed by atoms with Gasteiger partial charge in [0, 0.05) is 17.3 Å². The fraction of sp³-hybridized carbons (Fsp3) is 0.333. The predicted molar refractivity (Wildman–Crippen MR) is 97.7 cm³/mol. The number of benzene rings is 2. The van der Waals surface area contributed by atoms with E-state index in [9.17, 15) is 9.59 Å². The standard InChI is InChI=1S/C21H22N2O2/c24-20(22-17-12-13-17)15-8-10-16(11-9-15)23-21(25)19-7-3-5-14-4-1-2-6-18(14)19/h1-2,4,6,8-11,17,19H,3,5,7,12-13H2,(H,22,24)(H,23,25). The number of carbonyl (C=O) groups excluding carboxylic acids is 2. The summed E-state index contributed by atoms with van der Waals surface area (Å²) in [4.78, 5) is 24.7. The van der Waals surface area contributed by atoms with Crippen molar-refractivity contribution in [3.8, 4) is 0 Å². The van der Waals surface area contributed by atoms with Gasteiger partial charge < -0.3 is 10.6 Å². The Bertz CT molecular complexity index is 794. The molecule has 0 aromatic heterocycles. The molecule has 1 saturated carbocycles. The molecule has 0 spiro atoms. The highest BCUT2D eigenvalue weighted by molar-refractivity contribution is 5.98. The van der Waals surface area contributed by atoms with E-state index in [0.29, 0.717) is 11.6 Å². The molecule has 0 saturated heterocycles. The lowest BCUT2D eigenvalue weighted by atomic mass is 9.82. The molecular weight excluding hydrogens is 312 g/mol.